The van der Waals surface area contributed by atoms with Gasteiger partial charge in [-0.15, -0.1) is 0 Å². The van der Waals surface area contributed by atoms with Gasteiger partial charge in [-0.2, -0.15) is 0 Å². The van der Waals surface area contributed by atoms with Crippen LogP contribution in [0.4, 0.5) is 38.4 Å². The van der Waals surface area contributed by atoms with Crippen molar-refractivity contribution in [3.05, 3.63) is 0 Å². The van der Waals surface area contributed by atoms with Crippen LogP contribution < -0.4 is 21.3 Å². The van der Waals surface area contributed by atoms with Gasteiger partial charge >= 0.3 is 49.7 Å². The van der Waals surface area contributed by atoms with Crippen molar-refractivity contribution in [3.63, 3.8) is 0 Å². The van der Waals surface area contributed by atoms with Crippen molar-refractivity contribution in [2.45, 2.75) is 386 Å². The molecule has 4 N–H and O–H groups in total. The molecule has 14 saturated heterocycles. The lowest BCUT2D eigenvalue weighted by Gasteiger charge is -2.52. The first-order chi connectivity index (χ1) is 48.1. The smallest absolute Gasteiger partial charge is 0.340 e. The molecule has 14 heterocycles. The fraction of sp³-hybridized carbons (Fsp3) is 0.901. The van der Waals surface area contributed by atoms with Gasteiger partial charge in [0.1, 0.15) is 93.1 Å². The highest BCUT2D eigenvalue weighted by molar-refractivity contribution is 5.91. The summed E-state index contributed by atoms with van der Waals surface area (Å²) >= 11 is 0. The minimum Gasteiger partial charge on any atom is -0.340 e. The maximum Gasteiger partial charge on any atom is 1.00 e. The lowest BCUT2D eigenvalue weighted by Crippen LogP contribution is -2.70. The summed E-state index contributed by atoms with van der Waals surface area (Å²) in [4.78, 5) is 125. The standard InChI is InChI=1S/C34H46N12O12.C4H6N4O2.3C4H10.3C3H8.6C2H6.10CH4/c1-29-32(41-16-56-17-42(32)24(48)36(29)11-53-10-35(29)23(41)47)7-4-22(5-8-33-30(2)37-12-54-13-38(30)26(50)44(33)19-57-18-43(33)25(37)49)6-9-34-31(3)39-14-55-15-40(31)28(52)46(34)21-58-20-45(34)27(39)51;9-3-5-1-2(7-3)8-4(10)6-1;3*1-4(2)3;3*1-3-2;6*1-2;;;;;;;;;;/h22H,4-21H2,1-3H3;1-2H,(H2,5,7,9)(H2,6,8,10);3*4H,1-3H3;3*3H2,1-2H3;6*1-2H3;10*1H4/p+1. The van der Waals surface area contributed by atoms with Crippen molar-refractivity contribution in [1.82, 2.24) is 80.1 Å². The van der Waals surface area contributed by atoms with Crippen LogP contribution in [0.5, 0.6) is 0 Å². The number of hydrogen-bond acceptors (Lipinski definition) is 14. The predicted molar refractivity (Wildman–Crippen MR) is 461 cm³/mol. The highest BCUT2D eigenvalue weighted by Gasteiger charge is 2.81. The van der Waals surface area contributed by atoms with Gasteiger partial charge in [-0.05, 0) is 83.0 Å². The SMILES string of the molecule is C.C.C.C.C.C.C.C.C.C.CC.CC.CC.CC.CC.CC.CC(C)C.CC(C)C.CC(C)C.CC12N3COCN1C(=O)N1COCN(C3=O)C12CCC(CCC12N3COCN1C(=O)N1COCN(C3=O)C12C)CCC12N3COCN1C(=O)N1COCN(C3=O)C12C.CCC.CCC.CCC.O=C1NC2NC(=O)NC2N1.[H+]. The van der Waals surface area contributed by atoms with Gasteiger partial charge in [0.05, 0.1) is 0 Å². The highest BCUT2D eigenvalue weighted by atomic mass is 16.6. The van der Waals surface area contributed by atoms with Gasteiger partial charge in [-0.25, -0.2) is 38.4 Å². The van der Waals surface area contributed by atoms with Crippen LogP contribution in [0.3, 0.4) is 0 Å². The normalized spacial score (nSPS) is 26.4. The monoisotopic (exact) mass is 1600 g/mol. The van der Waals surface area contributed by atoms with Crippen molar-refractivity contribution in [2.75, 3.05) is 80.8 Å². The fourth-order valence-corrected chi connectivity index (χ4v) is 14.3. The van der Waals surface area contributed by atoms with E-state index in [0.717, 1.165) is 17.8 Å². The third kappa shape index (κ3) is 23.4. The van der Waals surface area contributed by atoms with E-state index in [0.29, 0.717) is 38.5 Å². The maximum atomic E-state index is 14.1. The van der Waals surface area contributed by atoms with Crippen LogP contribution in [-0.2, 0) is 28.4 Å². The predicted octanol–water partition coefficient (Wildman–Crippen LogP) is 20.4. The van der Waals surface area contributed by atoms with Crippen LogP contribution in [0.1, 0.15) is 341 Å². The van der Waals surface area contributed by atoms with Gasteiger partial charge in [-0.3, -0.25) is 58.8 Å². The van der Waals surface area contributed by atoms with E-state index in [1.54, 1.807) is 58.8 Å². The number of fused-ring (bicyclic) bond motifs is 1. The van der Waals surface area contributed by atoms with Gasteiger partial charge in [0, 0.05) is 0 Å². The molecular formula is C81H183N16O14+. The molecule has 0 spiro atoms. The summed E-state index contributed by atoms with van der Waals surface area (Å²) in [6.45, 7) is 62.1. The Morgan fingerprint density at radius 2 is 0.405 bits per heavy atom. The Hall–Kier alpha value is -6.08. The molecule has 0 radical (unpaired) electrons. The Bertz CT molecular complexity index is 2210. The molecule has 14 aliphatic rings. The molecule has 111 heavy (non-hydrogen) atoms. The van der Waals surface area contributed by atoms with E-state index in [1.165, 1.54) is 19.3 Å². The Labute approximate surface area is 684 Å². The Kier molecular flexibility index (Phi) is 64.6. The summed E-state index contributed by atoms with van der Waals surface area (Å²) < 4.78 is 34.8. The van der Waals surface area contributed by atoms with Crippen LogP contribution in [0.25, 0.3) is 0 Å². The number of urea groups is 8. The van der Waals surface area contributed by atoms with Gasteiger partial charge < -0.3 is 49.7 Å². The van der Waals surface area contributed by atoms with E-state index in [4.69, 9.17) is 28.4 Å². The molecule has 0 aliphatic carbocycles. The molecule has 14 fully saturated rings. The van der Waals surface area contributed by atoms with Crippen molar-refractivity contribution >= 4 is 48.2 Å². The molecule has 30 heteroatoms. The molecule has 670 valence electrons. The molecule has 0 unspecified atom stereocenters. The van der Waals surface area contributed by atoms with Crippen LogP contribution >= 0.6 is 0 Å². The lowest BCUT2D eigenvalue weighted by atomic mass is 9.78. The van der Waals surface area contributed by atoms with Gasteiger partial charge in [-0.1, -0.05) is 280 Å². The lowest BCUT2D eigenvalue weighted by molar-refractivity contribution is -0.202. The molecule has 14 aliphatic heterocycles. The molecule has 0 aromatic rings. The number of ether oxygens (including phenoxy) is 6. The third-order valence-electron chi connectivity index (χ3n) is 17.7. The zero-order valence-electron chi connectivity index (χ0n) is 69.4. The Morgan fingerprint density at radius 1 is 0.288 bits per heavy atom. The molecule has 16 amide bonds. The summed E-state index contributed by atoms with van der Waals surface area (Å²) in [7, 11) is 0. The van der Waals surface area contributed by atoms with Crippen molar-refractivity contribution < 1.29 is 68.2 Å². The highest BCUT2D eigenvalue weighted by Crippen LogP contribution is 2.61. The fourth-order valence-electron chi connectivity index (χ4n) is 14.3. The van der Waals surface area contributed by atoms with Gasteiger partial charge in [0.25, 0.3) is 0 Å². The average molecular weight is 1610 g/mol. The van der Waals surface area contributed by atoms with E-state index < -0.39 is 34.0 Å². The van der Waals surface area contributed by atoms with Crippen molar-refractivity contribution in [3.8, 4) is 0 Å². The summed E-state index contributed by atoms with van der Waals surface area (Å²) in [6.07, 6.45) is 5.77. The van der Waals surface area contributed by atoms with Crippen LogP contribution in [-0.4, -0.2) is 234 Å². The molecule has 0 aromatic carbocycles. The largest absolute Gasteiger partial charge is 1.00 e. The molecule has 0 atom stereocenters. The first kappa shape index (κ1) is 126. The number of carbonyl (C=O) groups excluding carboxylic acids is 8. The number of carbonyl (C=O) groups is 8. The zero-order chi connectivity index (χ0) is 77.9. The van der Waals surface area contributed by atoms with E-state index >= 15 is 0 Å². The first-order valence-electron chi connectivity index (χ1n) is 38.2. The Balaban J connectivity index is -0.000000177. The van der Waals surface area contributed by atoms with E-state index in [9.17, 15) is 38.4 Å². The quantitative estimate of drug-likeness (QED) is 0.167. The minimum absolute atomic E-state index is 0. The zero-order valence-corrected chi connectivity index (χ0v) is 68.4. The topological polar surface area (TPSA) is 279 Å². The molecule has 14 rings (SSSR count). The summed E-state index contributed by atoms with van der Waals surface area (Å²) in [5, 5.41) is 10.0. The van der Waals surface area contributed by atoms with Crippen molar-refractivity contribution in [1.29, 1.82) is 0 Å². The second-order valence-electron chi connectivity index (χ2n) is 27.1. The first-order valence-corrected chi connectivity index (χ1v) is 38.2. The second kappa shape index (κ2) is 57.0. The molecule has 30 nitrogen and oxygen atoms in total. The van der Waals surface area contributed by atoms with Crippen molar-refractivity contribution in [2.24, 2.45) is 23.7 Å². The summed E-state index contributed by atoms with van der Waals surface area (Å²) in [5.41, 5.74) is -6.43. The number of nitrogens with one attached hydrogen (secondary N) is 4. The molecule has 0 bridgehead atoms. The van der Waals surface area contributed by atoms with Gasteiger partial charge in [0.2, 0.25) is 0 Å². The number of amides is 16. The summed E-state index contributed by atoms with van der Waals surface area (Å²) in [6, 6.07) is -2.25. The molecule has 0 aromatic heterocycles. The summed E-state index contributed by atoms with van der Waals surface area (Å²) in [5.74, 6) is 2.32. The van der Waals surface area contributed by atoms with E-state index in [-0.39, 0.29) is 223 Å². The average Bonchev–Trinajstić information content (AvgIpc) is 1.51. The maximum absolute atomic E-state index is 14.1. The number of nitrogens with zero attached hydrogens (tertiary/aromatic N) is 12. The molecule has 0 saturated carbocycles. The van der Waals surface area contributed by atoms with E-state index in [1.807, 2.05) is 104 Å². The van der Waals surface area contributed by atoms with E-state index in [2.05, 4.69) is 125 Å². The van der Waals surface area contributed by atoms with Crippen LogP contribution in [0.2, 0.25) is 0 Å². The van der Waals surface area contributed by atoms with Gasteiger partial charge in [0.15, 0.2) is 34.0 Å². The Morgan fingerprint density at radius 3 is 0.532 bits per heavy atom. The number of rotatable bonds is 9. The minimum atomic E-state index is -1.09. The van der Waals surface area contributed by atoms with Crippen LogP contribution in [0.15, 0.2) is 0 Å². The van der Waals surface area contributed by atoms with Crippen LogP contribution in [0, 0.1) is 23.7 Å². The number of hydrogen-bond donors (Lipinski definition) is 4. The second-order valence-corrected chi connectivity index (χ2v) is 27.1. The molecular weight excluding hydrogens is 1420 g/mol. The third-order valence-corrected chi connectivity index (χ3v) is 17.7.